The third kappa shape index (κ3) is 2.52. The Bertz CT molecular complexity index is 342. The summed E-state index contributed by atoms with van der Waals surface area (Å²) in [6.45, 7) is 2.42. The molecular formula is C8H14N6O. The van der Waals surface area contributed by atoms with E-state index in [0.29, 0.717) is 18.2 Å². The smallest absolute Gasteiger partial charge is 0.322 e. The maximum absolute atomic E-state index is 11.5. The molecule has 0 bridgehead atoms. The minimum atomic E-state index is -0.227. The van der Waals surface area contributed by atoms with Crippen molar-refractivity contribution in [3.05, 3.63) is 6.33 Å². The summed E-state index contributed by atoms with van der Waals surface area (Å²) < 4.78 is 0. The van der Waals surface area contributed by atoms with Crippen LogP contribution in [0.15, 0.2) is 6.33 Å². The molecule has 0 aliphatic rings. The van der Waals surface area contributed by atoms with Gasteiger partial charge in [-0.3, -0.25) is 4.90 Å². The summed E-state index contributed by atoms with van der Waals surface area (Å²) >= 11 is 0. The predicted octanol–water partition coefficient (Wildman–Crippen LogP) is 0.0790. The number of aromatic nitrogens is 3. The molecule has 0 radical (unpaired) electrons. The number of nitrogens with one attached hydrogen (secondary N) is 2. The molecule has 1 rings (SSSR count). The first-order chi connectivity index (χ1) is 7.20. The fourth-order valence-electron chi connectivity index (χ4n) is 1.04. The van der Waals surface area contributed by atoms with E-state index in [4.69, 9.17) is 0 Å². The Kier molecular flexibility index (Phi) is 3.78. The molecule has 1 heterocycles. The lowest BCUT2D eigenvalue weighted by Gasteiger charge is -2.17. The van der Waals surface area contributed by atoms with Crippen molar-refractivity contribution in [2.24, 2.45) is 0 Å². The van der Waals surface area contributed by atoms with E-state index in [2.05, 4.69) is 25.8 Å². The van der Waals surface area contributed by atoms with Crippen LogP contribution in [-0.2, 0) is 0 Å². The van der Waals surface area contributed by atoms with Crippen LogP contribution in [0.3, 0.4) is 0 Å². The standard InChI is InChI=1S/C8H14N6O/c1-4-10-8(15)14(3)7-6(9-2)13-12-5-11-7/h5H,4H2,1-3H3,(H,9,13)(H,10,15). The van der Waals surface area contributed by atoms with Gasteiger partial charge >= 0.3 is 6.03 Å². The molecule has 2 N–H and O–H groups in total. The number of hydrogen-bond donors (Lipinski definition) is 2. The number of carbonyl (C=O) groups is 1. The van der Waals surface area contributed by atoms with E-state index < -0.39 is 0 Å². The van der Waals surface area contributed by atoms with E-state index in [0.717, 1.165) is 0 Å². The number of anilines is 2. The number of carbonyl (C=O) groups excluding carboxylic acids is 1. The summed E-state index contributed by atoms with van der Waals surface area (Å²) in [5.74, 6) is 0.907. The van der Waals surface area contributed by atoms with Crippen LogP contribution in [0.2, 0.25) is 0 Å². The Morgan fingerprint density at radius 1 is 1.60 bits per heavy atom. The van der Waals surface area contributed by atoms with Gasteiger partial charge in [-0.2, -0.15) is 0 Å². The van der Waals surface area contributed by atoms with E-state index in [1.807, 2.05) is 6.92 Å². The highest BCUT2D eigenvalue weighted by Crippen LogP contribution is 2.16. The van der Waals surface area contributed by atoms with E-state index in [1.165, 1.54) is 11.2 Å². The van der Waals surface area contributed by atoms with Crippen molar-refractivity contribution >= 4 is 17.7 Å². The van der Waals surface area contributed by atoms with Gasteiger partial charge < -0.3 is 10.6 Å². The summed E-state index contributed by atoms with van der Waals surface area (Å²) in [7, 11) is 3.32. The second-order valence-corrected chi connectivity index (χ2v) is 2.78. The maximum atomic E-state index is 11.5. The Labute approximate surface area is 87.9 Å². The van der Waals surface area contributed by atoms with E-state index >= 15 is 0 Å². The van der Waals surface area contributed by atoms with Crippen LogP contribution in [0.25, 0.3) is 0 Å². The van der Waals surface area contributed by atoms with Crippen LogP contribution in [0.5, 0.6) is 0 Å². The normalized spacial score (nSPS) is 9.53. The molecule has 0 aliphatic carbocycles. The molecule has 0 spiro atoms. The lowest BCUT2D eigenvalue weighted by molar-refractivity contribution is 0.248. The summed E-state index contributed by atoms with van der Waals surface area (Å²) in [4.78, 5) is 16.9. The minimum absolute atomic E-state index is 0.227. The average Bonchev–Trinajstić information content (AvgIpc) is 2.28. The molecule has 0 aromatic carbocycles. The molecule has 0 unspecified atom stereocenters. The zero-order valence-corrected chi connectivity index (χ0v) is 8.98. The lowest BCUT2D eigenvalue weighted by Crippen LogP contribution is -2.38. The largest absolute Gasteiger partial charge is 0.369 e. The van der Waals surface area contributed by atoms with Gasteiger partial charge in [0.15, 0.2) is 11.6 Å². The summed E-state index contributed by atoms with van der Waals surface area (Å²) in [5.41, 5.74) is 0. The van der Waals surface area contributed by atoms with Gasteiger partial charge in [0, 0.05) is 20.6 Å². The van der Waals surface area contributed by atoms with Crippen molar-refractivity contribution in [3.63, 3.8) is 0 Å². The van der Waals surface area contributed by atoms with Crippen molar-refractivity contribution in [2.75, 3.05) is 30.9 Å². The van der Waals surface area contributed by atoms with Crippen LogP contribution < -0.4 is 15.5 Å². The lowest BCUT2D eigenvalue weighted by atomic mass is 10.5. The van der Waals surface area contributed by atoms with Crippen molar-refractivity contribution in [3.8, 4) is 0 Å². The number of nitrogens with zero attached hydrogens (tertiary/aromatic N) is 4. The van der Waals surface area contributed by atoms with Gasteiger partial charge in [0.2, 0.25) is 0 Å². The van der Waals surface area contributed by atoms with Gasteiger partial charge in [-0.15, -0.1) is 10.2 Å². The molecule has 15 heavy (non-hydrogen) atoms. The van der Waals surface area contributed by atoms with Crippen LogP contribution in [-0.4, -0.2) is 41.9 Å². The molecule has 7 heteroatoms. The Morgan fingerprint density at radius 2 is 2.33 bits per heavy atom. The van der Waals surface area contributed by atoms with Gasteiger partial charge in [0.1, 0.15) is 6.33 Å². The Balaban J connectivity index is 2.89. The molecule has 7 nitrogen and oxygen atoms in total. The first kappa shape index (κ1) is 11.2. The second kappa shape index (κ2) is 5.08. The highest BCUT2D eigenvalue weighted by Gasteiger charge is 2.15. The fraction of sp³-hybridized carbons (Fsp3) is 0.500. The molecular weight excluding hydrogens is 196 g/mol. The Hall–Kier alpha value is -1.92. The summed E-state index contributed by atoms with van der Waals surface area (Å²) in [6.07, 6.45) is 1.30. The topological polar surface area (TPSA) is 83.0 Å². The van der Waals surface area contributed by atoms with Gasteiger partial charge in [0.25, 0.3) is 0 Å². The van der Waals surface area contributed by atoms with Gasteiger partial charge in [-0.05, 0) is 6.92 Å². The fourth-order valence-corrected chi connectivity index (χ4v) is 1.04. The second-order valence-electron chi connectivity index (χ2n) is 2.78. The molecule has 0 fully saturated rings. The predicted molar refractivity (Wildman–Crippen MR) is 56.8 cm³/mol. The molecule has 0 atom stereocenters. The molecule has 2 amide bonds. The van der Waals surface area contributed by atoms with Crippen LogP contribution in [0.4, 0.5) is 16.4 Å². The molecule has 0 saturated carbocycles. The maximum Gasteiger partial charge on any atom is 0.322 e. The number of amides is 2. The van der Waals surface area contributed by atoms with E-state index in [1.54, 1.807) is 14.1 Å². The first-order valence-corrected chi connectivity index (χ1v) is 4.57. The average molecular weight is 210 g/mol. The molecule has 82 valence electrons. The van der Waals surface area contributed by atoms with Crippen LogP contribution in [0.1, 0.15) is 6.92 Å². The van der Waals surface area contributed by atoms with E-state index in [-0.39, 0.29) is 6.03 Å². The number of urea groups is 1. The van der Waals surface area contributed by atoms with Gasteiger partial charge in [-0.25, -0.2) is 9.78 Å². The van der Waals surface area contributed by atoms with Crippen LogP contribution >= 0.6 is 0 Å². The number of hydrogen-bond acceptors (Lipinski definition) is 5. The molecule has 0 aliphatic heterocycles. The van der Waals surface area contributed by atoms with Crippen molar-refractivity contribution in [2.45, 2.75) is 6.92 Å². The van der Waals surface area contributed by atoms with E-state index in [9.17, 15) is 4.79 Å². The van der Waals surface area contributed by atoms with Crippen LogP contribution in [0, 0.1) is 0 Å². The van der Waals surface area contributed by atoms with Crippen molar-refractivity contribution in [1.82, 2.24) is 20.5 Å². The first-order valence-electron chi connectivity index (χ1n) is 4.57. The quantitative estimate of drug-likeness (QED) is 0.738. The third-order valence-electron chi connectivity index (χ3n) is 1.79. The zero-order valence-electron chi connectivity index (χ0n) is 8.98. The Morgan fingerprint density at radius 3 is 2.93 bits per heavy atom. The molecule has 1 aromatic rings. The van der Waals surface area contributed by atoms with Crippen molar-refractivity contribution < 1.29 is 4.79 Å². The molecule has 1 aromatic heterocycles. The highest BCUT2D eigenvalue weighted by molar-refractivity contribution is 5.92. The van der Waals surface area contributed by atoms with Gasteiger partial charge in [-0.1, -0.05) is 0 Å². The zero-order chi connectivity index (χ0) is 11.3. The monoisotopic (exact) mass is 210 g/mol. The molecule has 0 saturated heterocycles. The summed E-state index contributed by atoms with van der Waals surface area (Å²) in [6, 6.07) is -0.227. The SMILES string of the molecule is CCNC(=O)N(C)c1ncnnc1NC. The summed E-state index contributed by atoms with van der Waals surface area (Å²) in [5, 5.41) is 12.9. The van der Waals surface area contributed by atoms with Crippen molar-refractivity contribution in [1.29, 1.82) is 0 Å². The minimum Gasteiger partial charge on any atom is -0.369 e. The highest BCUT2D eigenvalue weighted by atomic mass is 16.2. The third-order valence-corrected chi connectivity index (χ3v) is 1.79. The number of rotatable bonds is 3. The van der Waals surface area contributed by atoms with Gasteiger partial charge in [0.05, 0.1) is 0 Å².